The van der Waals surface area contributed by atoms with E-state index < -0.39 is 10.0 Å². The number of fused-ring (bicyclic) bond motifs is 1. The molecule has 0 amide bonds. The van der Waals surface area contributed by atoms with Crippen LogP contribution >= 0.6 is 11.6 Å². The Morgan fingerprint density at radius 3 is 2.57 bits per heavy atom. The van der Waals surface area contributed by atoms with Crippen LogP contribution in [0, 0.1) is 6.92 Å². The lowest BCUT2D eigenvalue weighted by molar-refractivity contribution is 0.601. The average Bonchev–Trinajstić information content (AvgIpc) is 2.78. The molecule has 2 aromatic carbocycles. The number of rotatable bonds is 3. The van der Waals surface area contributed by atoms with Gasteiger partial charge in [-0.15, -0.1) is 0 Å². The minimum atomic E-state index is -3.63. The highest BCUT2D eigenvalue weighted by Crippen LogP contribution is 2.21. The van der Waals surface area contributed by atoms with Gasteiger partial charge in [-0.1, -0.05) is 11.6 Å². The Balaban J connectivity index is 1.94. The summed E-state index contributed by atoms with van der Waals surface area (Å²) >= 11 is 5.76. The molecule has 7 heteroatoms. The predicted molar refractivity (Wildman–Crippen MR) is 83.1 cm³/mol. The van der Waals surface area contributed by atoms with Crippen molar-refractivity contribution in [2.45, 2.75) is 11.8 Å². The number of hydrogen-bond donors (Lipinski definition) is 2. The molecule has 0 bridgehead atoms. The maximum absolute atomic E-state index is 12.3. The van der Waals surface area contributed by atoms with Crippen LogP contribution in [0.3, 0.4) is 0 Å². The fourth-order valence-electron chi connectivity index (χ4n) is 2.03. The second-order valence-corrected chi connectivity index (χ2v) is 6.73. The van der Waals surface area contributed by atoms with E-state index in [0.29, 0.717) is 10.7 Å². The second-order valence-electron chi connectivity index (χ2n) is 4.61. The van der Waals surface area contributed by atoms with E-state index in [9.17, 15) is 8.42 Å². The van der Waals surface area contributed by atoms with E-state index in [0.717, 1.165) is 16.9 Å². The van der Waals surface area contributed by atoms with Crippen LogP contribution in [-0.2, 0) is 10.0 Å². The number of imidazole rings is 1. The van der Waals surface area contributed by atoms with Gasteiger partial charge in [0, 0.05) is 5.02 Å². The van der Waals surface area contributed by atoms with Gasteiger partial charge < -0.3 is 4.98 Å². The summed E-state index contributed by atoms with van der Waals surface area (Å²) in [6.45, 7) is 1.84. The van der Waals surface area contributed by atoms with E-state index in [-0.39, 0.29) is 4.90 Å². The molecular formula is C14H12ClN3O2S. The number of aromatic nitrogens is 2. The Morgan fingerprint density at radius 2 is 1.86 bits per heavy atom. The summed E-state index contributed by atoms with van der Waals surface area (Å²) in [4.78, 5) is 7.50. The summed E-state index contributed by atoms with van der Waals surface area (Å²) < 4.78 is 27.1. The van der Waals surface area contributed by atoms with Crippen LogP contribution in [0.4, 0.5) is 5.69 Å². The van der Waals surface area contributed by atoms with E-state index in [4.69, 9.17) is 11.6 Å². The third-order valence-corrected chi connectivity index (χ3v) is 4.63. The average molecular weight is 322 g/mol. The lowest BCUT2D eigenvalue weighted by Gasteiger charge is -2.08. The molecule has 108 valence electrons. The van der Waals surface area contributed by atoms with Crippen molar-refractivity contribution >= 4 is 38.3 Å². The van der Waals surface area contributed by atoms with Gasteiger partial charge in [-0.05, 0) is 49.4 Å². The number of aryl methyl sites for hydroxylation is 1. The topological polar surface area (TPSA) is 74.8 Å². The lowest BCUT2D eigenvalue weighted by Crippen LogP contribution is -2.12. The van der Waals surface area contributed by atoms with Crippen molar-refractivity contribution in [3.63, 3.8) is 0 Å². The minimum absolute atomic E-state index is 0.160. The largest absolute Gasteiger partial charge is 0.342 e. The SMILES string of the molecule is Cc1nc2ccc(NS(=O)(=O)c3ccc(Cl)cc3)cc2[nH]1. The molecule has 21 heavy (non-hydrogen) atoms. The molecule has 0 spiro atoms. The van der Waals surface area contributed by atoms with E-state index in [1.807, 2.05) is 6.92 Å². The van der Waals surface area contributed by atoms with E-state index in [2.05, 4.69) is 14.7 Å². The molecule has 2 N–H and O–H groups in total. The number of halogens is 1. The number of H-pyrrole nitrogens is 1. The first-order valence-electron chi connectivity index (χ1n) is 6.19. The van der Waals surface area contributed by atoms with E-state index >= 15 is 0 Å². The van der Waals surface area contributed by atoms with Crippen molar-refractivity contribution in [3.8, 4) is 0 Å². The van der Waals surface area contributed by atoms with E-state index in [1.54, 1.807) is 18.2 Å². The molecule has 0 saturated heterocycles. The number of nitrogens with zero attached hydrogens (tertiary/aromatic N) is 1. The van der Waals surface area contributed by atoms with Crippen molar-refractivity contribution < 1.29 is 8.42 Å². The standard InChI is InChI=1S/C14H12ClN3O2S/c1-9-16-13-7-4-11(8-14(13)17-9)18-21(19,20)12-5-2-10(15)3-6-12/h2-8,18H,1H3,(H,16,17). The molecular weight excluding hydrogens is 310 g/mol. The number of aromatic amines is 1. The first-order chi connectivity index (χ1) is 9.94. The molecule has 3 aromatic rings. The van der Waals surface area contributed by atoms with Gasteiger partial charge in [0.15, 0.2) is 0 Å². The molecule has 1 aromatic heterocycles. The fourth-order valence-corrected chi connectivity index (χ4v) is 3.20. The highest BCUT2D eigenvalue weighted by Gasteiger charge is 2.14. The molecule has 1 heterocycles. The number of anilines is 1. The fraction of sp³-hybridized carbons (Fsp3) is 0.0714. The van der Waals surface area contributed by atoms with Crippen LogP contribution in [0.15, 0.2) is 47.4 Å². The van der Waals surface area contributed by atoms with Crippen molar-refractivity contribution in [1.29, 1.82) is 0 Å². The zero-order valence-electron chi connectivity index (χ0n) is 11.1. The summed E-state index contributed by atoms with van der Waals surface area (Å²) in [5, 5.41) is 0.489. The number of nitrogens with one attached hydrogen (secondary N) is 2. The predicted octanol–water partition coefficient (Wildman–Crippen LogP) is 3.33. The summed E-state index contributed by atoms with van der Waals surface area (Å²) in [5.74, 6) is 0.780. The van der Waals surface area contributed by atoms with Gasteiger partial charge >= 0.3 is 0 Å². The van der Waals surface area contributed by atoms with Gasteiger partial charge in [0.25, 0.3) is 10.0 Å². The van der Waals surface area contributed by atoms with Gasteiger partial charge in [-0.2, -0.15) is 0 Å². The molecule has 0 aliphatic carbocycles. The van der Waals surface area contributed by atoms with E-state index in [1.165, 1.54) is 24.3 Å². The summed E-state index contributed by atoms with van der Waals surface area (Å²) in [7, 11) is -3.63. The third-order valence-electron chi connectivity index (χ3n) is 2.98. The molecule has 0 unspecified atom stereocenters. The van der Waals surface area contributed by atoms with Gasteiger partial charge in [-0.25, -0.2) is 13.4 Å². The normalized spacial score (nSPS) is 11.7. The highest BCUT2D eigenvalue weighted by atomic mass is 35.5. The van der Waals surface area contributed by atoms with Gasteiger partial charge in [0.2, 0.25) is 0 Å². The van der Waals surface area contributed by atoms with Crippen LogP contribution in [0.1, 0.15) is 5.82 Å². The van der Waals surface area contributed by atoms with Crippen LogP contribution in [0.25, 0.3) is 11.0 Å². The maximum atomic E-state index is 12.3. The van der Waals surface area contributed by atoms with Crippen molar-refractivity contribution in [2.75, 3.05) is 4.72 Å². The molecule has 5 nitrogen and oxygen atoms in total. The van der Waals surface area contributed by atoms with Crippen LogP contribution in [-0.4, -0.2) is 18.4 Å². The maximum Gasteiger partial charge on any atom is 0.261 e. The molecule has 0 fully saturated rings. The molecule has 3 rings (SSSR count). The van der Waals surface area contributed by atoms with Gasteiger partial charge in [0.05, 0.1) is 21.6 Å². The van der Waals surface area contributed by atoms with Crippen LogP contribution < -0.4 is 4.72 Å². The lowest BCUT2D eigenvalue weighted by atomic mass is 10.3. The van der Waals surface area contributed by atoms with Gasteiger partial charge in [-0.3, -0.25) is 4.72 Å². The first kappa shape index (κ1) is 13.9. The smallest absolute Gasteiger partial charge is 0.261 e. The van der Waals surface area contributed by atoms with Gasteiger partial charge in [0.1, 0.15) is 5.82 Å². The van der Waals surface area contributed by atoms with Crippen molar-refractivity contribution in [3.05, 3.63) is 53.3 Å². The molecule has 0 atom stereocenters. The molecule has 0 aliphatic heterocycles. The Hall–Kier alpha value is -2.05. The van der Waals surface area contributed by atoms with Crippen LogP contribution in [0.2, 0.25) is 5.02 Å². The Morgan fingerprint density at radius 1 is 1.14 bits per heavy atom. The zero-order valence-corrected chi connectivity index (χ0v) is 12.7. The third kappa shape index (κ3) is 2.86. The molecule has 0 saturated carbocycles. The Bertz CT molecular complexity index is 902. The Kier molecular flexibility index (Phi) is 3.35. The summed E-state index contributed by atoms with van der Waals surface area (Å²) in [6, 6.07) is 11.2. The number of benzene rings is 2. The second kappa shape index (κ2) is 5.05. The molecule has 0 aliphatic rings. The zero-order chi connectivity index (χ0) is 15.0. The summed E-state index contributed by atoms with van der Waals surface area (Å²) in [5.41, 5.74) is 2.05. The monoisotopic (exact) mass is 321 g/mol. The quantitative estimate of drug-likeness (QED) is 0.777. The number of hydrogen-bond acceptors (Lipinski definition) is 3. The first-order valence-corrected chi connectivity index (χ1v) is 8.05. The minimum Gasteiger partial charge on any atom is -0.342 e. The van der Waals surface area contributed by atoms with Crippen molar-refractivity contribution in [1.82, 2.24) is 9.97 Å². The van der Waals surface area contributed by atoms with Crippen molar-refractivity contribution in [2.24, 2.45) is 0 Å². The Labute approximate surface area is 127 Å². The van der Waals surface area contributed by atoms with Crippen LogP contribution in [0.5, 0.6) is 0 Å². The summed E-state index contributed by atoms with van der Waals surface area (Å²) in [6.07, 6.45) is 0. The number of sulfonamides is 1. The highest BCUT2D eigenvalue weighted by molar-refractivity contribution is 7.92. The molecule has 0 radical (unpaired) electrons.